The molecular weight excluding hydrogens is 296 g/mol. The maximum Gasteiger partial charge on any atom is 0.513 e. The minimum atomic E-state index is -0.731. The number of nitrogen functional groups attached to an aromatic ring is 1. The number of fused-ring (bicyclic) bond motifs is 1. The molecule has 0 radical (unpaired) electrons. The molecule has 0 bridgehead atoms. The van der Waals surface area contributed by atoms with Gasteiger partial charge in [0.1, 0.15) is 17.1 Å². The van der Waals surface area contributed by atoms with E-state index in [1.54, 1.807) is 49.5 Å². The van der Waals surface area contributed by atoms with E-state index in [-0.39, 0.29) is 6.61 Å². The van der Waals surface area contributed by atoms with Crippen LogP contribution >= 0.6 is 0 Å². The van der Waals surface area contributed by atoms with E-state index in [1.807, 2.05) is 0 Å². The molecule has 0 aliphatic rings. The highest BCUT2D eigenvalue weighted by atomic mass is 16.7. The van der Waals surface area contributed by atoms with Crippen LogP contribution in [0.1, 0.15) is 6.92 Å². The van der Waals surface area contributed by atoms with Gasteiger partial charge in [-0.3, -0.25) is 4.98 Å². The summed E-state index contributed by atoms with van der Waals surface area (Å²) in [5.41, 5.74) is 8.29. The third kappa shape index (κ3) is 3.34. The topological polar surface area (TPSA) is 100 Å². The van der Waals surface area contributed by atoms with Gasteiger partial charge in [0.2, 0.25) is 0 Å². The summed E-state index contributed by atoms with van der Waals surface area (Å²) in [6, 6.07) is 10.3. The van der Waals surface area contributed by atoms with Gasteiger partial charge in [-0.2, -0.15) is 0 Å². The van der Waals surface area contributed by atoms with Crippen LogP contribution in [-0.4, -0.2) is 27.7 Å². The molecule has 7 heteroatoms. The van der Waals surface area contributed by atoms with Crippen LogP contribution in [0, 0.1) is 0 Å². The number of carbonyl (C=O) groups is 1. The Morgan fingerprint density at radius 3 is 2.65 bits per heavy atom. The standard InChI is InChI=1S/C16H14N4O3/c1-2-22-16(21)23-11-5-3-10(4-6-11)13-9-18-12-7-8-14(17)20-15(12)19-13/h3-9H,2H2,1H3,(H2,17,19,20). The van der Waals surface area contributed by atoms with Crippen molar-refractivity contribution in [1.29, 1.82) is 0 Å². The Morgan fingerprint density at radius 2 is 1.91 bits per heavy atom. The SMILES string of the molecule is CCOC(=O)Oc1ccc(-c2cnc3ccc(N)nc3n2)cc1. The highest BCUT2D eigenvalue weighted by Crippen LogP contribution is 2.22. The molecule has 116 valence electrons. The quantitative estimate of drug-likeness (QED) is 0.586. The minimum absolute atomic E-state index is 0.264. The van der Waals surface area contributed by atoms with Crippen molar-refractivity contribution in [2.24, 2.45) is 0 Å². The van der Waals surface area contributed by atoms with Crippen molar-refractivity contribution < 1.29 is 14.3 Å². The Balaban J connectivity index is 1.85. The third-order valence-corrected chi connectivity index (χ3v) is 3.04. The van der Waals surface area contributed by atoms with E-state index >= 15 is 0 Å². The molecule has 0 saturated heterocycles. The highest BCUT2D eigenvalue weighted by Gasteiger charge is 2.07. The zero-order valence-electron chi connectivity index (χ0n) is 12.4. The zero-order chi connectivity index (χ0) is 16.2. The van der Waals surface area contributed by atoms with Crippen LogP contribution in [0.25, 0.3) is 22.4 Å². The van der Waals surface area contributed by atoms with Gasteiger partial charge in [0.05, 0.1) is 18.5 Å². The van der Waals surface area contributed by atoms with Crippen molar-refractivity contribution in [3.8, 4) is 17.0 Å². The van der Waals surface area contributed by atoms with Gasteiger partial charge < -0.3 is 15.2 Å². The van der Waals surface area contributed by atoms with Crippen LogP contribution in [0.2, 0.25) is 0 Å². The summed E-state index contributed by atoms with van der Waals surface area (Å²) in [6.45, 7) is 1.98. The largest absolute Gasteiger partial charge is 0.513 e. The summed E-state index contributed by atoms with van der Waals surface area (Å²) in [4.78, 5) is 24.2. The molecule has 7 nitrogen and oxygen atoms in total. The Hall–Kier alpha value is -3.22. The lowest BCUT2D eigenvalue weighted by Gasteiger charge is -2.06. The van der Waals surface area contributed by atoms with Crippen LogP contribution in [0.3, 0.4) is 0 Å². The number of hydrogen-bond acceptors (Lipinski definition) is 7. The number of ether oxygens (including phenoxy) is 2. The first kappa shape index (κ1) is 14.7. The molecule has 0 aliphatic heterocycles. The van der Waals surface area contributed by atoms with Crippen LogP contribution in [0.4, 0.5) is 10.6 Å². The van der Waals surface area contributed by atoms with Crippen molar-refractivity contribution in [3.05, 3.63) is 42.6 Å². The zero-order valence-corrected chi connectivity index (χ0v) is 12.4. The molecule has 3 rings (SSSR count). The molecule has 0 fully saturated rings. The second kappa shape index (κ2) is 6.27. The molecule has 2 heterocycles. The lowest BCUT2D eigenvalue weighted by molar-refractivity contribution is 0.104. The monoisotopic (exact) mass is 310 g/mol. The number of nitrogens with zero attached hydrogens (tertiary/aromatic N) is 3. The molecule has 2 N–H and O–H groups in total. The summed E-state index contributed by atoms with van der Waals surface area (Å²) in [5.74, 6) is 0.783. The molecule has 0 spiro atoms. The fourth-order valence-electron chi connectivity index (χ4n) is 1.99. The average molecular weight is 310 g/mol. The Labute approximate surface area is 132 Å². The second-order valence-electron chi connectivity index (χ2n) is 4.64. The molecule has 0 atom stereocenters. The predicted octanol–water partition coefficient (Wildman–Crippen LogP) is 2.81. The second-order valence-corrected chi connectivity index (χ2v) is 4.64. The van der Waals surface area contributed by atoms with Gasteiger partial charge in [-0.1, -0.05) is 0 Å². The van der Waals surface area contributed by atoms with Gasteiger partial charge in [-0.15, -0.1) is 0 Å². The van der Waals surface area contributed by atoms with Crippen LogP contribution < -0.4 is 10.5 Å². The first-order valence-corrected chi connectivity index (χ1v) is 7.00. The van der Waals surface area contributed by atoms with Crippen molar-refractivity contribution in [2.45, 2.75) is 6.92 Å². The Kier molecular flexibility index (Phi) is 4.01. The van der Waals surface area contributed by atoms with Gasteiger partial charge in [-0.05, 0) is 43.3 Å². The highest BCUT2D eigenvalue weighted by molar-refractivity contribution is 5.75. The third-order valence-electron chi connectivity index (χ3n) is 3.04. The van der Waals surface area contributed by atoms with Gasteiger partial charge in [0.25, 0.3) is 0 Å². The maximum absolute atomic E-state index is 11.3. The van der Waals surface area contributed by atoms with E-state index in [1.165, 1.54) is 0 Å². The number of nitrogens with two attached hydrogens (primary N) is 1. The molecule has 23 heavy (non-hydrogen) atoms. The van der Waals surface area contributed by atoms with Crippen LogP contribution in [0.5, 0.6) is 5.75 Å². The number of hydrogen-bond donors (Lipinski definition) is 1. The molecule has 0 aliphatic carbocycles. The van der Waals surface area contributed by atoms with Gasteiger partial charge in [-0.25, -0.2) is 14.8 Å². The maximum atomic E-state index is 11.3. The predicted molar refractivity (Wildman–Crippen MR) is 84.8 cm³/mol. The van der Waals surface area contributed by atoms with Crippen LogP contribution in [0.15, 0.2) is 42.6 Å². The normalized spacial score (nSPS) is 10.5. The number of pyridine rings is 1. The molecule has 0 unspecified atom stereocenters. The Bertz CT molecular complexity index is 850. The van der Waals surface area contributed by atoms with Crippen LogP contribution in [-0.2, 0) is 4.74 Å². The lowest BCUT2D eigenvalue weighted by atomic mass is 10.1. The molecule has 2 aromatic heterocycles. The van der Waals surface area contributed by atoms with E-state index in [4.69, 9.17) is 15.2 Å². The molecule has 3 aromatic rings. The van der Waals surface area contributed by atoms with E-state index in [0.717, 1.165) is 5.56 Å². The van der Waals surface area contributed by atoms with Crippen molar-refractivity contribution in [2.75, 3.05) is 12.3 Å². The number of benzene rings is 1. The minimum Gasteiger partial charge on any atom is -0.434 e. The van der Waals surface area contributed by atoms with E-state index in [0.29, 0.717) is 28.4 Å². The fourth-order valence-corrected chi connectivity index (χ4v) is 1.99. The summed E-state index contributed by atoms with van der Waals surface area (Å²) in [5, 5.41) is 0. The van der Waals surface area contributed by atoms with Gasteiger partial charge >= 0.3 is 6.16 Å². The summed E-state index contributed by atoms with van der Waals surface area (Å²) < 4.78 is 9.72. The molecule has 1 aromatic carbocycles. The lowest BCUT2D eigenvalue weighted by Crippen LogP contribution is -2.09. The molecular formula is C16H14N4O3. The number of carbonyl (C=O) groups excluding carboxylic acids is 1. The van der Waals surface area contributed by atoms with E-state index in [9.17, 15) is 4.79 Å². The van der Waals surface area contributed by atoms with E-state index < -0.39 is 6.16 Å². The smallest absolute Gasteiger partial charge is 0.434 e. The van der Waals surface area contributed by atoms with E-state index in [2.05, 4.69) is 15.0 Å². The van der Waals surface area contributed by atoms with Gasteiger partial charge in [0.15, 0.2) is 5.65 Å². The first-order valence-electron chi connectivity index (χ1n) is 7.00. The summed E-state index contributed by atoms with van der Waals surface area (Å²) >= 11 is 0. The van der Waals surface area contributed by atoms with Crippen molar-refractivity contribution in [1.82, 2.24) is 15.0 Å². The average Bonchev–Trinajstić information content (AvgIpc) is 2.55. The number of rotatable bonds is 3. The summed E-state index contributed by atoms with van der Waals surface area (Å²) in [7, 11) is 0. The number of anilines is 1. The molecule has 0 saturated carbocycles. The van der Waals surface area contributed by atoms with Crippen molar-refractivity contribution in [3.63, 3.8) is 0 Å². The summed E-state index contributed by atoms with van der Waals surface area (Å²) in [6.07, 6.45) is 0.923. The number of aromatic nitrogens is 3. The first-order chi connectivity index (χ1) is 11.2. The molecule has 0 amide bonds. The van der Waals surface area contributed by atoms with Gasteiger partial charge in [0, 0.05) is 5.56 Å². The fraction of sp³-hybridized carbons (Fsp3) is 0.125. The van der Waals surface area contributed by atoms with Crippen molar-refractivity contribution >= 4 is 23.1 Å². The Morgan fingerprint density at radius 1 is 1.13 bits per heavy atom.